The van der Waals surface area contributed by atoms with Crippen molar-refractivity contribution < 1.29 is 0 Å². The number of fused-ring (bicyclic) bond motifs is 1. The van der Waals surface area contributed by atoms with E-state index in [0.717, 1.165) is 18.5 Å². The van der Waals surface area contributed by atoms with Gasteiger partial charge < -0.3 is 4.57 Å². The number of hydrogen-bond donors (Lipinski definition) is 0. The van der Waals surface area contributed by atoms with Gasteiger partial charge in [-0.15, -0.1) is 0 Å². The van der Waals surface area contributed by atoms with E-state index >= 15 is 0 Å². The number of para-hydroxylation sites is 2. The molecule has 0 spiro atoms. The fourth-order valence-electron chi connectivity index (χ4n) is 4.63. The van der Waals surface area contributed by atoms with E-state index < -0.39 is 0 Å². The normalized spacial score (nSPS) is 12.7. The van der Waals surface area contributed by atoms with E-state index in [9.17, 15) is 0 Å². The molecule has 0 N–H and O–H groups in total. The summed E-state index contributed by atoms with van der Waals surface area (Å²) in [5, 5.41) is 0. The predicted molar refractivity (Wildman–Crippen MR) is 135 cm³/mol. The van der Waals surface area contributed by atoms with E-state index in [1.165, 1.54) is 73.8 Å². The monoisotopic (exact) mass is 418 g/mol. The minimum absolute atomic E-state index is 0.301. The van der Waals surface area contributed by atoms with Crippen LogP contribution in [-0.4, -0.2) is 9.55 Å². The quantitative estimate of drug-likeness (QED) is 0.254. The molecular formula is C29H42N2. The lowest BCUT2D eigenvalue weighted by Gasteiger charge is -2.16. The molecule has 0 aliphatic heterocycles. The number of benzene rings is 2. The highest BCUT2D eigenvalue weighted by molar-refractivity contribution is 5.76. The maximum Gasteiger partial charge on any atom is 0.117 e. The summed E-state index contributed by atoms with van der Waals surface area (Å²) in [5.41, 5.74) is 5.20. The lowest BCUT2D eigenvalue weighted by molar-refractivity contribution is 0.537. The van der Waals surface area contributed by atoms with Crippen LogP contribution in [0.3, 0.4) is 0 Å². The van der Waals surface area contributed by atoms with Gasteiger partial charge >= 0.3 is 0 Å². The fraction of sp³-hybridized carbons (Fsp3) is 0.552. The van der Waals surface area contributed by atoms with Crippen LogP contribution in [0.2, 0.25) is 0 Å². The highest BCUT2D eigenvalue weighted by Crippen LogP contribution is 2.28. The molecule has 2 heteroatoms. The molecule has 0 bridgehead atoms. The molecule has 0 unspecified atom stereocenters. The van der Waals surface area contributed by atoms with Crippen LogP contribution >= 0.6 is 0 Å². The topological polar surface area (TPSA) is 17.8 Å². The maximum atomic E-state index is 5.07. The Balaban J connectivity index is 1.68. The van der Waals surface area contributed by atoms with Crippen molar-refractivity contribution in [1.82, 2.24) is 9.55 Å². The van der Waals surface area contributed by atoms with Crippen LogP contribution in [0.25, 0.3) is 11.0 Å². The van der Waals surface area contributed by atoms with Gasteiger partial charge in [-0.25, -0.2) is 4.98 Å². The Labute approximate surface area is 190 Å². The van der Waals surface area contributed by atoms with Crippen LogP contribution in [0, 0.1) is 5.92 Å². The summed E-state index contributed by atoms with van der Waals surface area (Å²) in [7, 11) is 0. The molecule has 1 aromatic heterocycles. The van der Waals surface area contributed by atoms with Crippen molar-refractivity contribution >= 4 is 11.0 Å². The van der Waals surface area contributed by atoms with E-state index in [1.807, 2.05) is 0 Å². The second kappa shape index (κ2) is 12.1. The zero-order chi connectivity index (χ0) is 22.1. The zero-order valence-electron chi connectivity index (χ0n) is 20.2. The fourth-order valence-corrected chi connectivity index (χ4v) is 4.63. The third kappa shape index (κ3) is 6.69. The minimum Gasteiger partial charge on any atom is -0.327 e. The van der Waals surface area contributed by atoms with E-state index in [-0.39, 0.29) is 0 Å². The van der Waals surface area contributed by atoms with Crippen LogP contribution in [0.15, 0.2) is 48.5 Å². The predicted octanol–water partition coefficient (Wildman–Crippen LogP) is 8.53. The summed E-state index contributed by atoms with van der Waals surface area (Å²) in [6.45, 7) is 10.2. The van der Waals surface area contributed by atoms with Gasteiger partial charge in [-0.1, -0.05) is 109 Å². The Kier molecular flexibility index (Phi) is 9.18. The molecule has 0 amide bonds. The largest absolute Gasteiger partial charge is 0.327 e. The summed E-state index contributed by atoms with van der Waals surface area (Å²) in [6.07, 6.45) is 12.0. The number of imidazole rings is 1. The number of nitrogens with zero attached hydrogens (tertiary/aromatic N) is 2. The summed E-state index contributed by atoms with van der Waals surface area (Å²) >= 11 is 0. The molecule has 1 heterocycles. The maximum absolute atomic E-state index is 5.07. The van der Waals surface area contributed by atoms with Crippen LogP contribution in [0.4, 0.5) is 0 Å². The van der Waals surface area contributed by atoms with E-state index in [1.54, 1.807) is 0 Å². The average molecular weight is 419 g/mol. The molecule has 2 nitrogen and oxygen atoms in total. The molecule has 0 aliphatic rings. The first-order valence-corrected chi connectivity index (χ1v) is 12.6. The Hall–Kier alpha value is -2.09. The minimum atomic E-state index is 0.301. The molecule has 0 saturated carbocycles. The molecule has 2 aromatic carbocycles. The first-order valence-electron chi connectivity index (χ1n) is 12.6. The molecule has 0 aliphatic carbocycles. The molecule has 0 radical (unpaired) electrons. The molecule has 3 aromatic rings. The van der Waals surface area contributed by atoms with Gasteiger partial charge in [0.05, 0.1) is 11.0 Å². The molecule has 3 rings (SSSR count). The second-order valence-electron chi connectivity index (χ2n) is 9.65. The summed E-state index contributed by atoms with van der Waals surface area (Å²) in [6, 6.07) is 17.9. The lowest BCUT2D eigenvalue weighted by atomic mass is 9.96. The Morgan fingerprint density at radius 3 is 2.10 bits per heavy atom. The van der Waals surface area contributed by atoms with Crippen molar-refractivity contribution in [1.29, 1.82) is 0 Å². The molecule has 0 saturated heterocycles. The lowest BCUT2D eigenvalue weighted by Crippen LogP contribution is -2.09. The van der Waals surface area contributed by atoms with Gasteiger partial charge in [0.25, 0.3) is 0 Å². The number of rotatable bonds is 13. The SMILES string of the molecule is CCCCCCCCCCn1c([C@@H](C)c2ccc(CC(C)C)cc2)nc2ccccc21. The Morgan fingerprint density at radius 2 is 1.42 bits per heavy atom. The highest BCUT2D eigenvalue weighted by atomic mass is 15.1. The van der Waals surface area contributed by atoms with Gasteiger partial charge in [0.1, 0.15) is 5.82 Å². The van der Waals surface area contributed by atoms with Gasteiger partial charge in [0.15, 0.2) is 0 Å². The van der Waals surface area contributed by atoms with Crippen LogP contribution in [0.1, 0.15) is 102 Å². The van der Waals surface area contributed by atoms with Crippen LogP contribution in [0.5, 0.6) is 0 Å². The molecule has 1 atom stereocenters. The summed E-state index contributed by atoms with van der Waals surface area (Å²) < 4.78 is 2.49. The Morgan fingerprint density at radius 1 is 0.774 bits per heavy atom. The standard InChI is InChI=1S/C29H42N2/c1-5-6-7-8-9-10-11-14-21-31-28-16-13-12-15-27(28)30-29(31)24(4)26-19-17-25(18-20-26)22-23(2)3/h12-13,15-20,23-24H,5-11,14,21-22H2,1-4H3/t24-/m0/s1. The van der Waals surface area contributed by atoms with Gasteiger partial charge in [0.2, 0.25) is 0 Å². The number of unbranched alkanes of at least 4 members (excludes halogenated alkanes) is 7. The van der Waals surface area contributed by atoms with Gasteiger partial charge in [0, 0.05) is 12.5 Å². The van der Waals surface area contributed by atoms with Crippen molar-refractivity contribution in [2.24, 2.45) is 5.92 Å². The molecule has 0 fully saturated rings. The first-order chi connectivity index (χ1) is 15.1. The third-order valence-corrected chi connectivity index (χ3v) is 6.43. The Bertz CT molecular complexity index is 904. The van der Waals surface area contributed by atoms with Crippen LogP contribution < -0.4 is 0 Å². The second-order valence-corrected chi connectivity index (χ2v) is 9.65. The van der Waals surface area contributed by atoms with Crippen molar-refractivity contribution in [2.75, 3.05) is 0 Å². The van der Waals surface area contributed by atoms with Crippen molar-refractivity contribution in [2.45, 2.75) is 97.9 Å². The van der Waals surface area contributed by atoms with Crippen molar-refractivity contribution in [3.05, 3.63) is 65.5 Å². The number of aromatic nitrogens is 2. The molecule has 31 heavy (non-hydrogen) atoms. The first kappa shape index (κ1) is 23.6. The van der Waals surface area contributed by atoms with Gasteiger partial charge in [-0.05, 0) is 42.0 Å². The van der Waals surface area contributed by atoms with E-state index in [4.69, 9.17) is 4.98 Å². The van der Waals surface area contributed by atoms with Gasteiger partial charge in [-0.3, -0.25) is 0 Å². The summed E-state index contributed by atoms with van der Waals surface area (Å²) in [5.74, 6) is 2.20. The number of hydrogen-bond acceptors (Lipinski definition) is 1. The van der Waals surface area contributed by atoms with Gasteiger partial charge in [-0.2, -0.15) is 0 Å². The third-order valence-electron chi connectivity index (χ3n) is 6.43. The number of aryl methyl sites for hydroxylation is 1. The zero-order valence-corrected chi connectivity index (χ0v) is 20.2. The smallest absolute Gasteiger partial charge is 0.117 e. The average Bonchev–Trinajstić information content (AvgIpc) is 3.14. The van der Waals surface area contributed by atoms with E-state index in [2.05, 4.69) is 80.8 Å². The van der Waals surface area contributed by atoms with Crippen molar-refractivity contribution in [3.63, 3.8) is 0 Å². The molecule has 168 valence electrons. The highest BCUT2D eigenvalue weighted by Gasteiger charge is 2.18. The van der Waals surface area contributed by atoms with E-state index in [0.29, 0.717) is 11.8 Å². The molecular weight excluding hydrogens is 376 g/mol. The summed E-state index contributed by atoms with van der Waals surface area (Å²) in [4.78, 5) is 5.07. The van der Waals surface area contributed by atoms with Crippen molar-refractivity contribution in [3.8, 4) is 0 Å². The van der Waals surface area contributed by atoms with Crippen LogP contribution in [-0.2, 0) is 13.0 Å².